The summed E-state index contributed by atoms with van der Waals surface area (Å²) in [6, 6.07) is 5.20. The maximum atomic E-state index is 13.5. The summed E-state index contributed by atoms with van der Waals surface area (Å²) < 4.78 is 40.2. The SMILES string of the molecule is N#Cc1c(F)cccc1S(=O)(=O)NCC1CCCNC1. The van der Waals surface area contributed by atoms with Crippen molar-refractivity contribution in [2.75, 3.05) is 19.6 Å². The Morgan fingerprint density at radius 1 is 1.50 bits per heavy atom. The van der Waals surface area contributed by atoms with Crippen LogP contribution >= 0.6 is 0 Å². The van der Waals surface area contributed by atoms with E-state index in [1.807, 2.05) is 0 Å². The molecule has 0 aliphatic carbocycles. The van der Waals surface area contributed by atoms with Gasteiger partial charge in [-0.1, -0.05) is 6.07 Å². The molecule has 1 aromatic carbocycles. The molecule has 1 fully saturated rings. The number of nitriles is 1. The molecule has 0 bridgehead atoms. The quantitative estimate of drug-likeness (QED) is 0.868. The Labute approximate surface area is 117 Å². The molecule has 1 saturated heterocycles. The number of benzene rings is 1. The molecule has 108 valence electrons. The van der Waals surface area contributed by atoms with Crippen molar-refractivity contribution in [3.05, 3.63) is 29.6 Å². The highest BCUT2D eigenvalue weighted by molar-refractivity contribution is 7.89. The Balaban J connectivity index is 2.14. The number of nitrogens with zero attached hydrogens (tertiary/aromatic N) is 1. The normalized spacial score (nSPS) is 19.5. The van der Waals surface area contributed by atoms with E-state index >= 15 is 0 Å². The van der Waals surface area contributed by atoms with E-state index < -0.39 is 21.4 Å². The highest BCUT2D eigenvalue weighted by Crippen LogP contribution is 2.18. The Morgan fingerprint density at radius 2 is 2.30 bits per heavy atom. The summed E-state index contributed by atoms with van der Waals surface area (Å²) in [4.78, 5) is -0.302. The minimum atomic E-state index is -3.87. The average molecular weight is 297 g/mol. The van der Waals surface area contributed by atoms with Gasteiger partial charge in [-0.05, 0) is 44.0 Å². The van der Waals surface area contributed by atoms with E-state index in [9.17, 15) is 12.8 Å². The van der Waals surface area contributed by atoms with Gasteiger partial charge in [0.2, 0.25) is 10.0 Å². The first kappa shape index (κ1) is 14.9. The summed E-state index contributed by atoms with van der Waals surface area (Å²) in [5, 5.41) is 12.1. The van der Waals surface area contributed by atoms with Crippen LogP contribution in [0.5, 0.6) is 0 Å². The molecular weight excluding hydrogens is 281 g/mol. The highest BCUT2D eigenvalue weighted by Gasteiger charge is 2.22. The van der Waals surface area contributed by atoms with E-state index in [1.54, 1.807) is 6.07 Å². The van der Waals surface area contributed by atoms with Gasteiger partial charge in [-0.2, -0.15) is 5.26 Å². The third-order valence-electron chi connectivity index (χ3n) is 3.34. The maximum Gasteiger partial charge on any atom is 0.242 e. The lowest BCUT2D eigenvalue weighted by atomic mass is 10.0. The molecule has 20 heavy (non-hydrogen) atoms. The van der Waals surface area contributed by atoms with E-state index in [0.717, 1.165) is 32.0 Å². The second kappa shape index (κ2) is 6.31. The molecule has 0 radical (unpaired) electrons. The Hall–Kier alpha value is -1.49. The molecular formula is C13H16FN3O2S. The molecule has 2 N–H and O–H groups in total. The van der Waals surface area contributed by atoms with E-state index in [0.29, 0.717) is 0 Å². The lowest BCUT2D eigenvalue weighted by Gasteiger charge is -2.22. The van der Waals surface area contributed by atoms with Gasteiger partial charge >= 0.3 is 0 Å². The zero-order valence-electron chi connectivity index (χ0n) is 10.9. The fourth-order valence-electron chi connectivity index (χ4n) is 2.24. The fourth-order valence-corrected chi connectivity index (χ4v) is 3.52. The number of hydrogen-bond acceptors (Lipinski definition) is 4. The minimum absolute atomic E-state index is 0.220. The van der Waals surface area contributed by atoms with E-state index in [-0.39, 0.29) is 17.4 Å². The monoisotopic (exact) mass is 297 g/mol. The van der Waals surface area contributed by atoms with Crippen LogP contribution in [0.15, 0.2) is 23.1 Å². The van der Waals surface area contributed by atoms with Crippen LogP contribution < -0.4 is 10.0 Å². The van der Waals surface area contributed by atoms with Crippen molar-refractivity contribution >= 4 is 10.0 Å². The van der Waals surface area contributed by atoms with Gasteiger partial charge in [0.1, 0.15) is 22.3 Å². The van der Waals surface area contributed by atoms with Gasteiger partial charge in [0.25, 0.3) is 0 Å². The van der Waals surface area contributed by atoms with Crippen LogP contribution in [0.1, 0.15) is 18.4 Å². The highest BCUT2D eigenvalue weighted by atomic mass is 32.2. The second-order valence-corrected chi connectivity index (χ2v) is 6.52. The van der Waals surface area contributed by atoms with Gasteiger partial charge in [-0.3, -0.25) is 0 Å². The largest absolute Gasteiger partial charge is 0.316 e. The summed E-state index contributed by atoms with van der Waals surface area (Å²) in [7, 11) is -3.87. The standard InChI is InChI=1S/C13H16FN3O2S/c14-12-4-1-5-13(11(12)7-15)20(18,19)17-9-10-3-2-6-16-8-10/h1,4-5,10,16-17H,2-3,6,8-9H2. The van der Waals surface area contributed by atoms with Crippen molar-refractivity contribution in [3.8, 4) is 6.07 Å². The van der Waals surface area contributed by atoms with Crippen molar-refractivity contribution in [1.82, 2.24) is 10.0 Å². The van der Waals surface area contributed by atoms with Crippen molar-refractivity contribution in [2.45, 2.75) is 17.7 Å². The number of nitrogens with one attached hydrogen (secondary N) is 2. The molecule has 1 aliphatic heterocycles. The first-order valence-corrected chi connectivity index (χ1v) is 7.92. The fraction of sp³-hybridized carbons (Fsp3) is 0.462. The Morgan fingerprint density at radius 3 is 2.95 bits per heavy atom. The molecule has 0 amide bonds. The first-order chi connectivity index (χ1) is 9.54. The number of sulfonamides is 1. The maximum absolute atomic E-state index is 13.5. The van der Waals surface area contributed by atoms with Crippen molar-refractivity contribution in [2.24, 2.45) is 5.92 Å². The lowest BCUT2D eigenvalue weighted by Crippen LogP contribution is -2.38. The minimum Gasteiger partial charge on any atom is -0.316 e. The van der Waals surface area contributed by atoms with Gasteiger partial charge < -0.3 is 5.32 Å². The summed E-state index contributed by atoms with van der Waals surface area (Å²) in [5.74, 6) is -0.604. The van der Waals surface area contributed by atoms with Crippen molar-refractivity contribution < 1.29 is 12.8 Å². The van der Waals surface area contributed by atoms with Crippen LogP contribution in [-0.2, 0) is 10.0 Å². The zero-order chi connectivity index (χ0) is 14.6. The molecule has 1 unspecified atom stereocenters. The van der Waals surface area contributed by atoms with Crippen LogP contribution in [0.4, 0.5) is 4.39 Å². The molecule has 1 atom stereocenters. The molecule has 0 saturated carbocycles. The van der Waals surface area contributed by atoms with Crippen molar-refractivity contribution in [3.63, 3.8) is 0 Å². The third-order valence-corrected chi connectivity index (χ3v) is 4.80. The lowest BCUT2D eigenvalue weighted by molar-refractivity contribution is 0.376. The first-order valence-electron chi connectivity index (χ1n) is 6.43. The van der Waals surface area contributed by atoms with Crippen LogP contribution in [-0.4, -0.2) is 28.1 Å². The van der Waals surface area contributed by atoms with E-state index in [2.05, 4.69) is 10.0 Å². The smallest absolute Gasteiger partial charge is 0.242 e. The summed E-state index contributed by atoms with van der Waals surface area (Å²) >= 11 is 0. The summed E-state index contributed by atoms with van der Waals surface area (Å²) in [6.45, 7) is 2.00. The van der Waals surface area contributed by atoms with Gasteiger partial charge in [0.15, 0.2) is 0 Å². The predicted molar refractivity (Wildman–Crippen MR) is 71.9 cm³/mol. The van der Waals surface area contributed by atoms with Gasteiger partial charge in [0, 0.05) is 6.54 Å². The molecule has 2 rings (SSSR count). The van der Waals surface area contributed by atoms with E-state index in [4.69, 9.17) is 5.26 Å². The number of hydrogen-bond donors (Lipinski definition) is 2. The Kier molecular flexibility index (Phi) is 4.70. The number of piperidine rings is 1. The van der Waals surface area contributed by atoms with Crippen LogP contribution in [0.3, 0.4) is 0 Å². The number of halogens is 1. The molecule has 1 heterocycles. The third kappa shape index (κ3) is 3.33. The van der Waals surface area contributed by atoms with Crippen LogP contribution in [0.25, 0.3) is 0 Å². The Bertz CT molecular complexity index is 619. The molecule has 5 nitrogen and oxygen atoms in total. The van der Waals surface area contributed by atoms with Gasteiger partial charge in [-0.25, -0.2) is 17.5 Å². The topological polar surface area (TPSA) is 82.0 Å². The van der Waals surface area contributed by atoms with Gasteiger partial charge in [0.05, 0.1) is 0 Å². The van der Waals surface area contributed by atoms with Gasteiger partial charge in [-0.15, -0.1) is 0 Å². The average Bonchev–Trinajstić information content (AvgIpc) is 2.46. The molecule has 7 heteroatoms. The second-order valence-electron chi connectivity index (χ2n) is 4.79. The summed E-state index contributed by atoms with van der Waals surface area (Å²) in [5.41, 5.74) is -0.443. The molecule has 1 aromatic rings. The van der Waals surface area contributed by atoms with Crippen LogP contribution in [0.2, 0.25) is 0 Å². The van der Waals surface area contributed by atoms with E-state index in [1.165, 1.54) is 12.1 Å². The molecule has 1 aliphatic rings. The molecule has 0 spiro atoms. The molecule has 0 aromatic heterocycles. The van der Waals surface area contributed by atoms with Crippen LogP contribution in [0, 0.1) is 23.1 Å². The van der Waals surface area contributed by atoms with Crippen molar-refractivity contribution in [1.29, 1.82) is 5.26 Å². The number of rotatable bonds is 4. The predicted octanol–water partition coefficient (Wildman–Crippen LogP) is 0.975. The summed E-state index contributed by atoms with van der Waals surface area (Å²) in [6.07, 6.45) is 1.96. The zero-order valence-corrected chi connectivity index (χ0v) is 11.7.